The zero-order valence-corrected chi connectivity index (χ0v) is 12.5. The number of rotatable bonds is 5. The summed E-state index contributed by atoms with van der Waals surface area (Å²) in [6.07, 6.45) is 9.80. The van der Waals surface area contributed by atoms with Crippen molar-refractivity contribution in [2.75, 3.05) is 6.54 Å². The van der Waals surface area contributed by atoms with Gasteiger partial charge in [0.2, 0.25) is 0 Å². The molecule has 7 heteroatoms. The second kappa shape index (κ2) is 6.77. The Morgan fingerprint density at radius 2 is 2.32 bits per heavy atom. The molecule has 0 unspecified atom stereocenters. The Morgan fingerprint density at radius 3 is 3.09 bits per heavy atom. The average Bonchev–Trinajstić information content (AvgIpc) is 3.22. The number of aromatic nitrogens is 3. The van der Waals surface area contributed by atoms with Crippen molar-refractivity contribution in [1.29, 1.82) is 5.26 Å². The first-order valence-corrected chi connectivity index (χ1v) is 7.79. The van der Waals surface area contributed by atoms with Gasteiger partial charge in [0.05, 0.1) is 12.6 Å². The van der Waals surface area contributed by atoms with Gasteiger partial charge in [0.25, 0.3) is 0 Å². The molecule has 0 amide bonds. The van der Waals surface area contributed by atoms with Gasteiger partial charge in [-0.25, -0.2) is 9.37 Å². The van der Waals surface area contributed by atoms with Crippen molar-refractivity contribution < 1.29 is 4.39 Å². The van der Waals surface area contributed by atoms with E-state index in [-0.39, 0.29) is 6.04 Å². The molecule has 6 nitrogen and oxygen atoms in total. The van der Waals surface area contributed by atoms with E-state index in [0.717, 1.165) is 19.4 Å². The Morgan fingerprint density at radius 1 is 1.41 bits per heavy atom. The lowest BCUT2D eigenvalue weighted by Gasteiger charge is -2.17. The van der Waals surface area contributed by atoms with E-state index in [0.29, 0.717) is 24.9 Å². The van der Waals surface area contributed by atoms with Crippen LogP contribution < -0.4 is 5.32 Å². The molecular weight excluding hydrogens is 283 g/mol. The molecule has 3 rings (SSSR count). The summed E-state index contributed by atoms with van der Waals surface area (Å²) >= 11 is 0. The van der Waals surface area contributed by atoms with E-state index in [1.807, 2.05) is 17.1 Å². The summed E-state index contributed by atoms with van der Waals surface area (Å²) < 4.78 is 15.2. The molecule has 4 atom stereocenters. The topological polar surface area (TPSA) is 69.8 Å². The molecule has 0 aromatic carbocycles. The third kappa shape index (κ3) is 3.56. The third-order valence-corrected chi connectivity index (χ3v) is 4.49. The monoisotopic (exact) mass is 304 g/mol. The highest BCUT2D eigenvalue weighted by molar-refractivity contribution is 5.04. The molecule has 0 radical (unpaired) electrons. The van der Waals surface area contributed by atoms with Gasteiger partial charge in [-0.15, -0.1) is 0 Å². The maximum absolute atomic E-state index is 13.3. The lowest BCUT2D eigenvalue weighted by Crippen LogP contribution is -2.26. The van der Waals surface area contributed by atoms with Crippen molar-refractivity contribution >= 4 is 0 Å². The van der Waals surface area contributed by atoms with Gasteiger partial charge in [-0.1, -0.05) is 0 Å². The van der Waals surface area contributed by atoms with Crippen molar-refractivity contribution in [2.45, 2.75) is 50.5 Å². The maximum Gasteiger partial charge on any atom is 0.137 e. The van der Waals surface area contributed by atoms with Crippen LogP contribution in [0.5, 0.6) is 0 Å². The molecule has 1 N–H and O–H groups in total. The van der Waals surface area contributed by atoms with Crippen molar-refractivity contribution in [3.8, 4) is 6.07 Å². The maximum atomic E-state index is 13.3. The summed E-state index contributed by atoms with van der Waals surface area (Å²) in [7, 11) is 0. The molecule has 0 spiro atoms. The molecular formula is C15H21FN6. The van der Waals surface area contributed by atoms with Crippen LogP contribution in [-0.2, 0) is 6.54 Å². The van der Waals surface area contributed by atoms with E-state index in [1.54, 1.807) is 17.6 Å². The lowest BCUT2D eigenvalue weighted by molar-refractivity contribution is 0.330. The Hall–Kier alpha value is -2.10. The van der Waals surface area contributed by atoms with Crippen LogP contribution in [0.1, 0.15) is 25.7 Å². The predicted molar refractivity (Wildman–Crippen MR) is 79.0 cm³/mol. The molecule has 2 heterocycles. The molecule has 1 aliphatic carbocycles. The summed E-state index contributed by atoms with van der Waals surface area (Å²) in [6.45, 7) is 1.23. The number of hydrogen-bond donors (Lipinski definition) is 1. The van der Waals surface area contributed by atoms with Crippen LogP contribution in [0.2, 0.25) is 0 Å². The van der Waals surface area contributed by atoms with Crippen LogP contribution in [0.15, 0.2) is 25.1 Å². The fraction of sp³-hybridized carbons (Fsp3) is 0.667. The quantitative estimate of drug-likeness (QED) is 0.891. The number of nitriles is 1. The molecule has 2 fully saturated rings. The summed E-state index contributed by atoms with van der Waals surface area (Å²) in [5, 5.41) is 16.5. The minimum atomic E-state index is -0.896. The van der Waals surface area contributed by atoms with Gasteiger partial charge in [0.15, 0.2) is 0 Å². The van der Waals surface area contributed by atoms with Gasteiger partial charge in [-0.2, -0.15) is 10.4 Å². The number of nitrogens with one attached hydrogen (secondary N) is 1. The molecule has 1 saturated heterocycles. The van der Waals surface area contributed by atoms with Gasteiger partial charge in [0, 0.05) is 31.4 Å². The second-order valence-electron chi connectivity index (χ2n) is 6.15. The van der Waals surface area contributed by atoms with Crippen LogP contribution in [0, 0.1) is 17.2 Å². The number of hydrogen-bond acceptors (Lipinski definition) is 5. The molecule has 118 valence electrons. The van der Waals surface area contributed by atoms with Crippen LogP contribution >= 0.6 is 0 Å². The molecule has 0 bridgehead atoms. The van der Waals surface area contributed by atoms with Gasteiger partial charge < -0.3 is 10.2 Å². The fourth-order valence-corrected chi connectivity index (χ4v) is 3.36. The summed E-state index contributed by atoms with van der Waals surface area (Å²) in [6, 6.07) is 2.25. The highest BCUT2D eigenvalue weighted by atomic mass is 19.1. The third-order valence-electron chi connectivity index (χ3n) is 4.49. The van der Waals surface area contributed by atoms with Gasteiger partial charge in [-0.05, 0) is 25.2 Å². The van der Waals surface area contributed by atoms with E-state index in [2.05, 4.69) is 21.5 Å². The lowest BCUT2D eigenvalue weighted by atomic mass is 10.1. The number of likely N-dealkylation sites (tertiary alicyclic amines) is 1. The molecule has 1 saturated carbocycles. The van der Waals surface area contributed by atoms with Gasteiger partial charge in [0.1, 0.15) is 24.9 Å². The SMILES string of the molecule is N#C[C@@H]1C[C@H](F)CN1C=CN[C@@H]1CC[C@H](Cn2cncn2)C1. The standard InChI is InChI=1S/C15H21FN6/c16-13-6-15(7-17)21(9-13)4-3-19-14-2-1-12(5-14)8-22-11-18-10-20-22/h3-4,10-15,19H,1-2,5-6,8-9H2/t12-,13-,14+,15-/m0/s1. The molecule has 22 heavy (non-hydrogen) atoms. The fourth-order valence-electron chi connectivity index (χ4n) is 3.36. The van der Waals surface area contributed by atoms with Gasteiger partial charge >= 0.3 is 0 Å². The summed E-state index contributed by atoms with van der Waals surface area (Å²) in [4.78, 5) is 5.74. The minimum absolute atomic E-state index is 0.310. The largest absolute Gasteiger partial charge is 0.387 e. The van der Waals surface area contributed by atoms with E-state index >= 15 is 0 Å². The van der Waals surface area contributed by atoms with Crippen molar-refractivity contribution in [2.24, 2.45) is 5.92 Å². The van der Waals surface area contributed by atoms with E-state index in [4.69, 9.17) is 5.26 Å². The highest BCUT2D eigenvalue weighted by Crippen LogP contribution is 2.27. The van der Waals surface area contributed by atoms with E-state index in [9.17, 15) is 4.39 Å². The molecule has 2 aliphatic rings. The summed E-state index contributed by atoms with van der Waals surface area (Å²) in [5.74, 6) is 0.612. The summed E-state index contributed by atoms with van der Waals surface area (Å²) in [5.41, 5.74) is 0. The van der Waals surface area contributed by atoms with E-state index < -0.39 is 6.17 Å². The Balaban J connectivity index is 1.43. The van der Waals surface area contributed by atoms with Crippen molar-refractivity contribution in [1.82, 2.24) is 25.0 Å². The first-order chi connectivity index (χ1) is 10.7. The number of nitrogens with zero attached hydrogens (tertiary/aromatic N) is 5. The van der Waals surface area contributed by atoms with Crippen LogP contribution in [0.3, 0.4) is 0 Å². The normalized spacial score (nSPS) is 31.7. The molecule has 1 aliphatic heterocycles. The zero-order chi connectivity index (χ0) is 15.4. The second-order valence-corrected chi connectivity index (χ2v) is 6.15. The number of halogens is 1. The number of alkyl halides is 1. The molecule has 1 aromatic heterocycles. The smallest absolute Gasteiger partial charge is 0.137 e. The van der Waals surface area contributed by atoms with Crippen molar-refractivity contribution in [3.63, 3.8) is 0 Å². The Kier molecular flexibility index (Phi) is 4.56. The predicted octanol–water partition coefficient (Wildman–Crippen LogP) is 1.44. The molecule has 1 aromatic rings. The van der Waals surface area contributed by atoms with Crippen LogP contribution in [0.4, 0.5) is 4.39 Å². The Bertz CT molecular complexity index is 537. The average molecular weight is 304 g/mol. The highest BCUT2D eigenvalue weighted by Gasteiger charge is 2.30. The van der Waals surface area contributed by atoms with Crippen molar-refractivity contribution in [3.05, 3.63) is 25.1 Å². The minimum Gasteiger partial charge on any atom is -0.387 e. The van der Waals surface area contributed by atoms with E-state index in [1.165, 1.54) is 6.42 Å². The van der Waals surface area contributed by atoms with Crippen LogP contribution in [0.25, 0.3) is 0 Å². The first-order valence-electron chi connectivity index (χ1n) is 7.79. The Labute approximate surface area is 129 Å². The van der Waals surface area contributed by atoms with Gasteiger partial charge in [-0.3, -0.25) is 4.68 Å². The van der Waals surface area contributed by atoms with Crippen LogP contribution in [-0.4, -0.2) is 44.5 Å². The first kappa shape index (κ1) is 14.8. The zero-order valence-electron chi connectivity index (χ0n) is 12.5.